The molecule has 126 valence electrons. The van der Waals surface area contributed by atoms with Crippen LogP contribution in [0, 0.1) is 0 Å². The number of nitrogens with one attached hydrogen (secondary N) is 3. The van der Waals surface area contributed by atoms with Crippen LogP contribution >= 0.6 is 11.3 Å². The Labute approximate surface area is 146 Å². The first-order valence-electron chi connectivity index (χ1n) is 7.35. The summed E-state index contributed by atoms with van der Waals surface area (Å²) in [6.07, 6.45) is 1.35. The minimum Gasteiger partial charge on any atom is -0.328 e. The predicted octanol–water partition coefficient (Wildman–Crippen LogP) is 2.71. The van der Waals surface area contributed by atoms with Gasteiger partial charge in [-0.3, -0.25) is 19.7 Å². The van der Waals surface area contributed by atoms with Gasteiger partial charge < -0.3 is 10.3 Å². The number of nitrogens with zero attached hydrogens (tertiary/aromatic N) is 1. The third-order valence-corrected chi connectivity index (χ3v) is 4.03. The SMILES string of the molecule is CC(=O)Nc1ccc(-c2csc(NC(=O)c3ccc(=O)[nH]c3)n2)cc1. The maximum absolute atomic E-state index is 12.1. The van der Waals surface area contributed by atoms with Crippen molar-refractivity contribution in [2.24, 2.45) is 0 Å². The lowest BCUT2D eigenvalue weighted by Crippen LogP contribution is -2.14. The second-order valence-corrected chi connectivity index (χ2v) is 6.05. The van der Waals surface area contributed by atoms with E-state index in [9.17, 15) is 14.4 Å². The number of anilines is 2. The highest BCUT2D eigenvalue weighted by Gasteiger charge is 2.10. The van der Waals surface area contributed by atoms with Gasteiger partial charge in [0.25, 0.3) is 5.91 Å². The van der Waals surface area contributed by atoms with E-state index in [0.29, 0.717) is 16.4 Å². The van der Waals surface area contributed by atoms with E-state index in [1.807, 2.05) is 17.5 Å². The van der Waals surface area contributed by atoms with Gasteiger partial charge in [-0.1, -0.05) is 12.1 Å². The average Bonchev–Trinajstić information content (AvgIpc) is 3.04. The van der Waals surface area contributed by atoms with Crippen LogP contribution in [0.2, 0.25) is 0 Å². The normalized spacial score (nSPS) is 10.3. The fourth-order valence-electron chi connectivity index (χ4n) is 2.11. The number of aromatic amines is 1. The van der Waals surface area contributed by atoms with Gasteiger partial charge in [-0.25, -0.2) is 4.98 Å². The third-order valence-electron chi connectivity index (χ3n) is 3.27. The van der Waals surface area contributed by atoms with Crippen LogP contribution in [-0.2, 0) is 4.79 Å². The molecule has 7 nitrogen and oxygen atoms in total. The molecule has 3 aromatic rings. The molecule has 1 aromatic carbocycles. The fraction of sp³-hybridized carbons (Fsp3) is 0.0588. The molecule has 3 N–H and O–H groups in total. The second-order valence-electron chi connectivity index (χ2n) is 5.19. The molecule has 0 fully saturated rings. The van der Waals surface area contributed by atoms with Crippen LogP contribution in [0.4, 0.5) is 10.8 Å². The van der Waals surface area contributed by atoms with Crippen molar-refractivity contribution in [1.29, 1.82) is 0 Å². The zero-order valence-corrected chi connectivity index (χ0v) is 14.0. The van der Waals surface area contributed by atoms with E-state index >= 15 is 0 Å². The van der Waals surface area contributed by atoms with E-state index in [-0.39, 0.29) is 17.4 Å². The number of rotatable bonds is 4. The van der Waals surface area contributed by atoms with Gasteiger partial charge in [-0.15, -0.1) is 11.3 Å². The summed E-state index contributed by atoms with van der Waals surface area (Å²) < 4.78 is 0. The molecule has 0 aliphatic rings. The minimum atomic E-state index is -0.349. The number of carbonyl (C=O) groups is 2. The van der Waals surface area contributed by atoms with Gasteiger partial charge in [0.15, 0.2) is 5.13 Å². The molecule has 3 rings (SSSR count). The van der Waals surface area contributed by atoms with Gasteiger partial charge in [0.2, 0.25) is 11.5 Å². The Balaban J connectivity index is 1.71. The number of aromatic nitrogens is 2. The van der Waals surface area contributed by atoms with Crippen LogP contribution in [0.25, 0.3) is 11.3 Å². The van der Waals surface area contributed by atoms with E-state index < -0.39 is 0 Å². The average molecular weight is 354 g/mol. The quantitative estimate of drug-likeness (QED) is 0.670. The molecular weight excluding hydrogens is 340 g/mol. The van der Waals surface area contributed by atoms with Crippen molar-refractivity contribution >= 4 is 34.0 Å². The van der Waals surface area contributed by atoms with Crippen LogP contribution in [0.5, 0.6) is 0 Å². The number of hydrogen-bond acceptors (Lipinski definition) is 5. The van der Waals surface area contributed by atoms with Crippen molar-refractivity contribution in [3.63, 3.8) is 0 Å². The van der Waals surface area contributed by atoms with Crippen molar-refractivity contribution in [3.05, 3.63) is 63.9 Å². The monoisotopic (exact) mass is 354 g/mol. The number of amides is 2. The minimum absolute atomic E-state index is 0.131. The van der Waals surface area contributed by atoms with E-state index in [2.05, 4.69) is 20.6 Å². The molecule has 0 aliphatic carbocycles. The molecule has 0 bridgehead atoms. The maximum atomic E-state index is 12.1. The Kier molecular flexibility index (Phi) is 4.71. The summed E-state index contributed by atoms with van der Waals surface area (Å²) >= 11 is 1.30. The van der Waals surface area contributed by atoms with Gasteiger partial charge in [-0.2, -0.15) is 0 Å². The summed E-state index contributed by atoms with van der Waals surface area (Å²) in [7, 11) is 0. The molecule has 2 heterocycles. The Bertz CT molecular complexity index is 956. The Morgan fingerprint density at radius 3 is 2.48 bits per heavy atom. The maximum Gasteiger partial charge on any atom is 0.258 e. The van der Waals surface area contributed by atoms with Crippen LogP contribution in [0.15, 0.2) is 52.8 Å². The molecule has 25 heavy (non-hydrogen) atoms. The topological polar surface area (TPSA) is 104 Å². The van der Waals surface area contributed by atoms with Crippen LogP contribution in [0.1, 0.15) is 17.3 Å². The van der Waals surface area contributed by atoms with Crippen molar-refractivity contribution in [1.82, 2.24) is 9.97 Å². The molecule has 0 atom stereocenters. The molecule has 0 saturated carbocycles. The molecule has 8 heteroatoms. The van der Waals surface area contributed by atoms with Crippen LogP contribution in [-0.4, -0.2) is 21.8 Å². The Morgan fingerprint density at radius 2 is 1.84 bits per heavy atom. The van der Waals surface area contributed by atoms with Crippen molar-refractivity contribution in [2.45, 2.75) is 6.92 Å². The number of thiazole rings is 1. The highest BCUT2D eigenvalue weighted by atomic mass is 32.1. The van der Waals surface area contributed by atoms with Gasteiger partial charge >= 0.3 is 0 Å². The molecule has 0 aliphatic heterocycles. The Morgan fingerprint density at radius 1 is 1.08 bits per heavy atom. The van der Waals surface area contributed by atoms with Crippen molar-refractivity contribution in [2.75, 3.05) is 10.6 Å². The van der Waals surface area contributed by atoms with Crippen LogP contribution in [0.3, 0.4) is 0 Å². The fourth-order valence-corrected chi connectivity index (χ4v) is 2.83. The summed E-state index contributed by atoms with van der Waals surface area (Å²) in [5.74, 6) is -0.480. The van der Waals surface area contributed by atoms with E-state index in [0.717, 1.165) is 11.3 Å². The van der Waals surface area contributed by atoms with Crippen molar-refractivity contribution < 1.29 is 9.59 Å². The standard InChI is InChI=1S/C17H14N4O3S/c1-10(22)19-13-5-2-11(3-6-13)14-9-25-17(20-14)21-16(24)12-4-7-15(23)18-8-12/h2-9H,1H3,(H,18,23)(H,19,22)(H,20,21,24). The van der Waals surface area contributed by atoms with E-state index in [1.54, 1.807) is 12.1 Å². The van der Waals surface area contributed by atoms with E-state index in [4.69, 9.17) is 0 Å². The van der Waals surface area contributed by atoms with Gasteiger partial charge in [0, 0.05) is 35.8 Å². The summed E-state index contributed by atoms with van der Waals surface area (Å²) in [5, 5.41) is 7.68. The first kappa shape index (κ1) is 16.6. The van der Waals surface area contributed by atoms with Crippen LogP contribution < -0.4 is 16.2 Å². The zero-order chi connectivity index (χ0) is 17.8. The molecule has 0 saturated heterocycles. The molecular formula is C17H14N4O3S. The van der Waals surface area contributed by atoms with Gasteiger partial charge in [-0.05, 0) is 18.2 Å². The summed E-state index contributed by atoms with van der Waals surface area (Å²) in [6.45, 7) is 1.45. The zero-order valence-electron chi connectivity index (χ0n) is 13.2. The highest BCUT2D eigenvalue weighted by molar-refractivity contribution is 7.14. The molecule has 2 aromatic heterocycles. The lowest BCUT2D eigenvalue weighted by Gasteiger charge is -2.03. The first-order valence-corrected chi connectivity index (χ1v) is 8.23. The highest BCUT2D eigenvalue weighted by Crippen LogP contribution is 2.26. The number of H-pyrrole nitrogens is 1. The van der Waals surface area contributed by atoms with Gasteiger partial charge in [0.1, 0.15) is 0 Å². The molecule has 0 radical (unpaired) electrons. The summed E-state index contributed by atoms with van der Waals surface area (Å²) in [4.78, 5) is 41.0. The molecule has 0 unspecified atom stereocenters. The lowest BCUT2D eigenvalue weighted by molar-refractivity contribution is -0.114. The number of carbonyl (C=O) groups excluding carboxylic acids is 2. The predicted molar refractivity (Wildman–Crippen MR) is 96.9 cm³/mol. The smallest absolute Gasteiger partial charge is 0.258 e. The number of benzene rings is 1. The molecule has 0 spiro atoms. The summed E-state index contributed by atoms with van der Waals surface area (Å²) in [5.41, 5.74) is 2.37. The Hall–Kier alpha value is -3.26. The largest absolute Gasteiger partial charge is 0.328 e. The third kappa shape index (κ3) is 4.18. The lowest BCUT2D eigenvalue weighted by atomic mass is 10.1. The summed E-state index contributed by atoms with van der Waals surface area (Å²) in [6, 6.07) is 9.99. The number of pyridine rings is 1. The number of hydrogen-bond donors (Lipinski definition) is 3. The first-order chi connectivity index (χ1) is 12.0. The molecule has 2 amide bonds. The van der Waals surface area contributed by atoms with E-state index in [1.165, 1.54) is 36.6 Å². The van der Waals surface area contributed by atoms with Gasteiger partial charge in [0.05, 0.1) is 11.3 Å². The second kappa shape index (κ2) is 7.10. The van der Waals surface area contributed by atoms with Crippen molar-refractivity contribution in [3.8, 4) is 11.3 Å².